The first-order valence-corrected chi connectivity index (χ1v) is 6.86. The summed E-state index contributed by atoms with van der Waals surface area (Å²) in [6.07, 6.45) is 4.81. The Morgan fingerprint density at radius 3 is 2.68 bits per heavy atom. The highest BCUT2D eigenvalue weighted by atomic mass is 16.4. The zero-order valence-corrected chi connectivity index (χ0v) is 11.6. The Hall–Kier alpha value is -1.71. The highest BCUT2D eigenvalue weighted by Gasteiger charge is 2.27. The second-order valence-electron chi connectivity index (χ2n) is 5.52. The molecule has 0 aliphatic heterocycles. The average molecular weight is 262 g/mol. The van der Waals surface area contributed by atoms with Crippen molar-refractivity contribution in [3.05, 3.63) is 23.8 Å². The summed E-state index contributed by atoms with van der Waals surface area (Å²) in [7, 11) is 1.98. The largest absolute Gasteiger partial charge is 0.478 e. The van der Waals surface area contributed by atoms with Gasteiger partial charge < -0.3 is 15.7 Å². The van der Waals surface area contributed by atoms with Gasteiger partial charge in [0.1, 0.15) is 0 Å². The van der Waals surface area contributed by atoms with E-state index in [1.165, 1.54) is 19.3 Å². The molecular formula is C15H22N2O2. The van der Waals surface area contributed by atoms with Crippen molar-refractivity contribution in [3.63, 3.8) is 0 Å². The van der Waals surface area contributed by atoms with Crippen LogP contribution in [0.1, 0.15) is 43.0 Å². The Bertz CT molecular complexity index is 473. The van der Waals surface area contributed by atoms with E-state index in [0.29, 0.717) is 23.2 Å². The van der Waals surface area contributed by atoms with Crippen molar-refractivity contribution in [2.75, 3.05) is 17.7 Å². The van der Waals surface area contributed by atoms with Gasteiger partial charge in [-0.2, -0.15) is 0 Å². The summed E-state index contributed by atoms with van der Waals surface area (Å²) >= 11 is 0. The van der Waals surface area contributed by atoms with Crippen LogP contribution >= 0.6 is 0 Å². The van der Waals surface area contributed by atoms with Crippen LogP contribution in [0.5, 0.6) is 0 Å². The smallest absolute Gasteiger partial charge is 0.337 e. The van der Waals surface area contributed by atoms with Gasteiger partial charge in [0, 0.05) is 18.8 Å². The maximum atomic E-state index is 11.3. The molecule has 0 spiro atoms. The number of rotatable bonds is 3. The van der Waals surface area contributed by atoms with Crippen molar-refractivity contribution < 1.29 is 9.90 Å². The molecule has 1 fully saturated rings. The minimum Gasteiger partial charge on any atom is -0.478 e. The number of carboxylic acid groups (broad SMARTS) is 1. The van der Waals surface area contributed by atoms with Crippen molar-refractivity contribution in [3.8, 4) is 0 Å². The lowest BCUT2D eigenvalue weighted by Gasteiger charge is -2.38. The fourth-order valence-electron chi connectivity index (χ4n) is 3.07. The van der Waals surface area contributed by atoms with Gasteiger partial charge in [0.15, 0.2) is 0 Å². The number of carbonyl (C=O) groups is 1. The van der Waals surface area contributed by atoms with Gasteiger partial charge in [0.05, 0.1) is 11.3 Å². The Morgan fingerprint density at radius 1 is 1.37 bits per heavy atom. The molecule has 2 rings (SSSR count). The number of benzene rings is 1. The molecule has 2 unspecified atom stereocenters. The van der Waals surface area contributed by atoms with Gasteiger partial charge in [0.25, 0.3) is 0 Å². The number of aromatic carboxylic acids is 1. The molecule has 2 atom stereocenters. The van der Waals surface area contributed by atoms with Gasteiger partial charge in [-0.3, -0.25) is 0 Å². The zero-order valence-electron chi connectivity index (χ0n) is 11.6. The van der Waals surface area contributed by atoms with Gasteiger partial charge in [-0.1, -0.05) is 19.8 Å². The van der Waals surface area contributed by atoms with Gasteiger partial charge in [-0.15, -0.1) is 0 Å². The van der Waals surface area contributed by atoms with Crippen molar-refractivity contribution in [1.29, 1.82) is 0 Å². The molecule has 1 aliphatic carbocycles. The molecule has 1 aromatic rings. The van der Waals surface area contributed by atoms with Crippen LogP contribution in [0, 0.1) is 5.92 Å². The number of nitrogen functional groups attached to an aromatic ring is 1. The van der Waals surface area contributed by atoms with Crippen LogP contribution in [0.3, 0.4) is 0 Å². The predicted octanol–water partition coefficient (Wildman–Crippen LogP) is 2.98. The van der Waals surface area contributed by atoms with E-state index in [4.69, 9.17) is 5.73 Å². The fraction of sp³-hybridized carbons (Fsp3) is 0.533. The molecule has 104 valence electrons. The average Bonchev–Trinajstić information content (AvgIpc) is 2.38. The Balaban J connectivity index is 2.34. The molecule has 0 saturated heterocycles. The van der Waals surface area contributed by atoms with Crippen LogP contribution in [0.25, 0.3) is 0 Å². The minimum atomic E-state index is -0.898. The number of carboxylic acids is 1. The molecule has 0 aromatic heterocycles. The van der Waals surface area contributed by atoms with Crippen LogP contribution in [-0.2, 0) is 0 Å². The Labute approximate surface area is 114 Å². The monoisotopic (exact) mass is 262 g/mol. The lowest BCUT2D eigenvalue weighted by atomic mass is 9.84. The molecule has 0 radical (unpaired) electrons. The molecule has 0 amide bonds. The molecule has 1 saturated carbocycles. The summed E-state index contributed by atoms with van der Waals surface area (Å²) in [4.78, 5) is 13.4. The second kappa shape index (κ2) is 5.51. The van der Waals surface area contributed by atoms with E-state index < -0.39 is 5.97 Å². The summed E-state index contributed by atoms with van der Waals surface area (Å²) < 4.78 is 0. The Kier molecular flexibility index (Phi) is 3.98. The highest BCUT2D eigenvalue weighted by molar-refractivity contribution is 5.95. The van der Waals surface area contributed by atoms with Crippen LogP contribution in [0.2, 0.25) is 0 Å². The number of nitrogens with two attached hydrogens (primary N) is 1. The molecular weight excluding hydrogens is 240 g/mol. The summed E-state index contributed by atoms with van der Waals surface area (Å²) in [5, 5.41) is 9.30. The first kappa shape index (κ1) is 13.7. The fourth-order valence-corrected chi connectivity index (χ4v) is 3.07. The predicted molar refractivity (Wildman–Crippen MR) is 77.6 cm³/mol. The molecule has 4 nitrogen and oxygen atoms in total. The van der Waals surface area contributed by atoms with E-state index in [1.807, 2.05) is 7.05 Å². The highest BCUT2D eigenvalue weighted by Crippen LogP contribution is 2.32. The van der Waals surface area contributed by atoms with E-state index in [9.17, 15) is 9.90 Å². The molecule has 1 aromatic carbocycles. The third-order valence-corrected chi connectivity index (χ3v) is 4.20. The van der Waals surface area contributed by atoms with Crippen LogP contribution in [-0.4, -0.2) is 24.2 Å². The van der Waals surface area contributed by atoms with E-state index in [2.05, 4.69) is 11.8 Å². The maximum Gasteiger partial charge on any atom is 0.337 e. The van der Waals surface area contributed by atoms with E-state index in [0.717, 1.165) is 12.1 Å². The van der Waals surface area contributed by atoms with Crippen LogP contribution in [0.4, 0.5) is 11.4 Å². The topological polar surface area (TPSA) is 66.6 Å². The van der Waals surface area contributed by atoms with Gasteiger partial charge in [-0.05, 0) is 37.0 Å². The quantitative estimate of drug-likeness (QED) is 0.822. The number of hydrogen-bond acceptors (Lipinski definition) is 3. The third-order valence-electron chi connectivity index (χ3n) is 4.20. The first-order chi connectivity index (χ1) is 9.00. The molecule has 0 heterocycles. The second-order valence-corrected chi connectivity index (χ2v) is 5.52. The van der Waals surface area contributed by atoms with Gasteiger partial charge in [0.2, 0.25) is 0 Å². The van der Waals surface area contributed by atoms with E-state index in [1.54, 1.807) is 18.2 Å². The van der Waals surface area contributed by atoms with Gasteiger partial charge in [-0.25, -0.2) is 4.79 Å². The van der Waals surface area contributed by atoms with Crippen molar-refractivity contribution in [2.24, 2.45) is 5.92 Å². The lowest BCUT2D eigenvalue weighted by molar-refractivity contribution is 0.0697. The van der Waals surface area contributed by atoms with Crippen LogP contribution < -0.4 is 10.6 Å². The summed E-state index contributed by atoms with van der Waals surface area (Å²) in [6.45, 7) is 2.24. The summed E-state index contributed by atoms with van der Waals surface area (Å²) in [6, 6.07) is 5.40. The van der Waals surface area contributed by atoms with E-state index in [-0.39, 0.29) is 0 Å². The molecule has 4 heteroatoms. The molecule has 3 N–H and O–H groups in total. The standard InChI is InChI=1S/C15H22N2O2/c1-10-5-3-4-6-13(10)17(2)14-9-11(16)7-8-12(14)15(18)19/h7-10,13H,3-6,16H2,1-2H3,(H,18,19). The SMILES string of the molecule is CC1CCCCC1N(C)c1cc(N)ccc1C(=O)O. The number of nitrogens with zero attached hydrogens (tertiary/aromatic N) is 1. The normalized spacial score (nSPS) is 23.1. The van der Waals surface area contributed by atoms with E-state index >= 15 is 0 Å². The van der Waals surface area contributed by atoms with Crippen molar-refractivity contribution in [1.82, 2.24) is 0 Å². The number of hydrogen-bond donors (Lipinski definition) is 2. The number of anilines is 2. The Morgan fingerprint density at radius 2 is 2.05 bits per heavy atom. The maximum absolute atomic E-state index is 11.3. The lowest BCUT2D eigenvalue weighted by Crippen LogP contribution is -2.39. The zero-order chi connectivity index (χ0) is 14.0. The minimum absolute atomic E-state index is 0.328. The molecule has 1 aliphatic rings. The van der Waals surface area contributed by atoms with Crippen LogP contribution in [0.15, 0.2) is 18.2 Å². The first-order valence-electron chi connectivity index (χ1n) is 6.86. The molecule has 19 heavy (non-hydrogen) atoms. The summed E-state index contributed by atoms with van der Waals surface area (Å²) in [5.41, 5.74) is 7.47. The van der Waals surface area contributed by atoms with Crippen molar-refractivity contribution >= 4 is 17.3 Å². The van der Waals surface area contributed by atoms with Crippen molar-refractivity contribution in [2.45, 2.75) is 38.6 Å². The third kappa shape index (κ3) is 2.83. The van der Waals surface area contributed by atoms with Gasteiger partial charge >= 0.3 is 5.97 Å². The molecule has 0 bridgehead atoms. The summed E-state index contributed by atoms with van der Waals surface area (Å²) in [5.74, 6) is -0.313.